The predicted molar refractivity (Wildman–Crippen MR) is 60.0 cm³/mol. The topological polar surface area (TPSA) is 116 Å². The second-order valence-electron chi connectivity index (χ2n) is 3.71. The first-order valence-corrected chi connectivity index (χ1v) is 5.24. The maximum Gasteiger partial charge on any atom is 0.199 e. The van der Waals surface area contributed by atoms with Gasteiger partial charge in [0.25, 0.3) is 0 Å². The van der Waals surface area contributed by atoms with Gasteiger partial charge < -0.3 is 11.5 Å². The van der Waals surface area contributed by atoms with Crippen molar-refractivity contribution in [2.24, 2.45) is 15.9 Å². The van der Waals surface area contributed by atoms with E-state index in [1.807, 2.05) is 0 Å². The van der Waals surface area contributed by atoms with Gasteiger partial charge in [-0.25, -0.2) is 4.63 Å². The smallest absolute Gasteiger partial charge is 0.199 e. The minimum absolute atomic E-state index is 0.130. The van der Waals surface area contributed by atoms with E-state index >= 15 is 0 Å². The van der Waals surface area contributed by atoms with Crippen molar-refractivity contribution in [3.05, 3.63) is 5.69 Å². The van der Waals surface area contributed by atoms with E-state index < -0.39 is 0 Å². The Morgan fingerprint density at radius 2 is 1.94 bits per heavy atom. The molecule has 2 rings (SSSR count). The highest BCUT2D eigenvalue weighted by molar-refractivity contribution is 5.99. The summed E-state index contributed by atoms with van der Waals surface area (Å²) in [5.41, 5.74) is 12.5. The minimum Gasteiger partial charge on any atom is -0.380 e. The van der Waals surface area contributed by atoms with Gasteiger partial charge in [-0.05, 0) is 36.0 Å². The summed E-state index contributed by atoms with van der Waals surface area (Å²) in [5.74, 6) is 0.266. The molecule has 0 atom stereocenters. The first kappa shape index (κ1) is 10.6. The van der Waals surface area contributed by atoms with Gasteiger partial charge >= 0.3 is 0 Å². The van der Waals surface area contributed by atoms with E-state index in [0.717, 1.165) is 18.6 Å². The number of hydrogen-bond donors (Lipinski definition) is 2. The first-order chi connectivity index (χ1) is 7.77. The molecular formula is C9H14N6O. The molecule has 1 fully saturated rings. The lowest BCUT2D eigenvalue weighted by Gasteiger charge is -2.10. The normalized spacial score (nSPS) is 17.5. The molecule has 1 aromatic heterocycles. The highest BCUT2D eigenvalue weighted by atomic mass is 16.6. The molecule has 16 heavy (non-hydrogen) atoms. The van der Waals surface area contributed by atoms with Gasteiger partial charge in [0.05, 0.1) is 0 Å². The maximum atomic E-state index is 5.66. The van der Waals surface area contributed by atoms with Crippen molar-refractivity contribution in [3.8, 4) is 0 Å². The zero-order chi connectivity index (χ0) is 11.4. The lowest BCUT2D eigenvalue weighted by molar-refractivity contribution is 0.308. The Kier molecular flexibility index (Phi) is 3.13. The van der Waals surface area contributed by atoms with Crippen LogP contribution in [0.15, 0.2) is 14.8 Å². The number of amidine groups is 1. The Hall–Kier alpha value is -1.92. The van der Waals surface area contributed by atoms with Crippen LogP contribution in [0, 0.1) is 0 Å². The van der Waals surface area contributed by atoms with Crippen molar-refractivity contribution < 1.29 is 4.63 Å². The number of hydrogen-bond acceptors (Lipinski definition) is 6. The molecule has 0 radical (unpaired) electrons. The summed E-state index contributed by atoms with van der Waals surface area (Å²) in [4.78, 5) is 0. The van der Waals surface area contributed by atoms with Crippen LogP contribution >= 0.6 is 0 Å². The molecule has 7 nitrogen and oxygen atoms in total. The van der Waals surface area contributed by atoms with E-state index in [2.05, 4.69) is 25.1 Å². The zero-order valence-electron chi connectivity index (χ0n) is 8.89. The largest absolute Gasteiger partial charge is 0.380 e. The van der Waals surface area contributed by atoms with Gasteiger partial charge in [0, 0.05) is 5.71 Å². The van der Waals surface area contributed by atoms with E-state index in [-0.39, 0.29) is 17.3 Å². The number of nitrogens with two attached hydrogens (primary N) is 2. The quantitative estimate of drug-likeness (QED) is 0.433. The molecule has 7 heteroatoms. The molecule has 4 N–H and O–H groups in total. The number of rotatable bonds is 2. The standard InChI is InChI=1S/C9H14N6O/c10-8(7-9(11)15-16-14-7)13-12-6-4-2-1-3-5-6/h1-5H2,(H2,10,13)(H2,11,15). The summed E-state index contributed by atoms with van der Waals surface area (Å²) >= 11 is 0. The number of anilines is 1. The molecule has 0 unspecified atom stereocenters. The van der Waals surface area contributed by atoms with Crippen LogP contribution < -0.4 is 11.5 Å². The third-order valence-corrected chi connectivity index (χ3v) is 2.49. The molecule has 1 aromatic rings. The van der Waals surface area contributed by atoms with Crippen LogP contribution in [-0.4, -0.2) is 21.9 Å². The summed E-state index contributed by atoms with van der Waals surface area (Å²) in [5, 5.41) is 14.9. The van der Waals surface area contributed by atoms with Crippen molar-refractivity contribution in [3.63, 3.8) is 0 Å². The Morgan fingerprint density at radius 1 is 1.19 bits per heavy atom. The molecule has 0 aliphatic heterocycles. The third kappa shape index (κ3) is 2.36. The number of nitrogens with zero attached hydrogens (tertiary/aromatic N) is 4. The molecule has 0 aromatic carbocycles. The van der Waals surface area contributed by atoms with Crippen molar-refractivity contribution >= 4 is 17.4 Å². The van der Waals surface area contributed by atoms with E-state index in [4.69, 9.17) is 11.5 Å². The summed E-state index contributed by atoms with van der Waals surface area (Å²) < 4.78 is 4.42. The van der Waals surface area contributed by atoms with Crippen LogP contribution in [0.4, 0.5) is 5.82 Å². The van der Waals surface area contributed by atoms with Crippen molar-refractivity contribution in [2.45, 2.75) is 32.1 Å². The van der Waals surface area contributed by atoms with E-state index in [0.29, 0.717) is 0 Å². The molecule has 0 spiro atoms. The highest BCUT2D eigenvalue weighted by Crippen LogP contribution is 2.15. The second-order valence-corrected chi connectivity index (χ2v) is 3.71. The van der Waals surface area contributed by atoms with Crippen LogP contribution in [0.1, 0.15) is 37.8 Å². The fourth-order valence-corrected chi connectivity index (χ4v) is 1.61. The lowest BCUT2D eigenvalue weighted by atomic mass is 9.99. The molecule has 0 bridgehead atoms. The van der Waals surface area contributed by atoms with Crippen LogP contribution in [0.25, 0.3) is 0 Å². The second kappa shape index (κ2) is 4.73. The van der Waals surface area contributed by atoms with Crippen LogP contribution in [0.3, 0.4) is 0 Å². The highest BCUT2D eigenvalue weighted by Gasteiger charge is 2.11. The van der Waals surface area contributed by atoms with Crippen LogP contribution in [0.2, 0.25) is 0 Å². The Morgan fingerprint density at radius 3 is 2.56 bits per heavy atom. The Balaban J connectivity index is 2.09. The molecule has 1 aliphatic rings. The molecule has 86 valence electrons. The lowest BCUT2D eigenvalue weighted by Crippen LogP contribution is -2.15. The van der Waals surface area contributed by atoms with Gasteiger partial charge in [0.1, 0.15) is 0 Å². The Labute approximate surface area is 92.6 Å². The van der Waals surface area contributed by atoms with Gasteiger partial charge in [-0.3, -0.25) is 0 Å². The fraction of sp³-hybridized carbons (Fsp3) is 0.556. The SMILES string of the molecule is N/C(=N\N=C1CCCCC1)c1nonc1N. The van der Waals surface area contributed by atoms with Crippen LogP contribution in [0.5, 0.6) is 0 Å². The minimum atomic E-state index is 0.130. The van der Waals surface area contributed by atoms with Gasteiger partial charge in [0.2, 0.25) is 0 Å². The molecule has 0 amide bonds. The van der Waals surface area contributed by atoms with Gasteiger partial charge in [-0.2, -0.15) is 5.10 Å². The van der Waals surface area contributed by atoms with Gasteiger partial charge in [-0.1, -0.05) is 6.42 Å². The van der Waals surface area contributed by atoms with E-state index in [9.17, 15) is 0 Å². The molecule has 1 aliphatic carbocycles. The average molecular weight is 222 g/mol. The van der Waals surface area contributed by atoms with Crippen molar-refractivity contribution in [1.82, 2.24) is 10.3 Å². The molecular weight excluding hydrogens is 208 g/mol. The molecule has 1 saturated carbocycles. The summed E-state index contributed by atoms with van der Waals surface area (Å²) in [6, 6.07) is 0. The predicted octanol–water partition coefficient (Wildman–Crippen LogP) is 0.677. The summed E-state index contributed by atoms with van der Waals surface area (Å²) in [7, 11) is 0. The number of aromatic nitrogens is 2. The van der Waals surface area contributed by atoms with E-state index in [1.165, 1.54) is 19.3 Å². The van der Waals surface area contributed by atoms with Crippen molar-refractivity contribution in [1.29, 1.82) is 0 Å². The first-order valence-electron chi connectivity index (χ1n) is 5.24. The number of nitrogen functional groups attached to an aromatic ring is 1. The fourth-order valence-electron chi connectivity index (χ4n) is 1.61. The molecule has 0 saturated heterocycles. The van der Waals surface area contributed by atoms with E-state index in [1.54, 1.807) is 0 Å². The zero-order valence-corrected chi connectivity index (χ0v) is 8.89. The maximum absolute atomic E-state index is 5.66. The third-order valence-electron chi connectivity index (χ3n) is 2.49. The average Bonchev–Trinajstić information content (AvgIpc) is 2.74. The summed E-state index contributed by atoms with van der Waals surface area (Å²) in [6.45, 7) is 0. The molecule has 1 heterocycles. The monoisotopic (exact) mass is 222 g/mol. The van der Waals surface area contributed by atoms with Crippen LogP contribution in [-0.2, 0) is 0 Å². The Bertz CT molecular complexity index is 413. The summed E-state index contributed by atoms with van der Waals surface area (Å²) in [6.07, 6.45) is 5.58. The van der Waals surface area contributed by atoms with Gasteiger partial charge in [-0.15, -0.1) is 5.10 Å². The van der Waals surface area contributed by atoms with Crippen molar-refractivity contribution in [2.75, 3.05) is 5.73 Å². The van der Waals surface area contributed by atoms with Gasteiger partial charge in [0.15, 0.2) is 17.3 Å².